The summed E-state index contributed by atoms with van der Waals surface area (Å²) in [4.78, 5) is 59.2. The number of amides is 3. The van der Waals surface area contributed by atoms with Crippen LogP contribution >= 0.6 is 12.8 Å². The molecule has 0 aromatic carbocycles. The molecule has 2 aliphatic heterocycles. The standard InChI is InChI=1S/C14H20N4O6S/c19-7-8(6-12(21)22)15-13(23)10-2-1-5-17-11(20)4-3-9(16-25)14(24)18(10)17/h7-10,16,25H,1-6H2,(H,15,23)(H,21,22)/t8-,9-,10-/m0/s1. The number of nitrogens with zero attached hydrogens (tertiary/aromatic N) is 2. The lowest BCUT2D eigenvalue weighted by Gasteiger charge is -2.43. The van der Waals surface area contributed by atoms with E-state index in [1.165, 1.54) is 5.01 Å². The highest BCUT2D eigenvalue weighted by molar-refractivity contribution is 7.78. The van der Waals surface area contributed by atoms with Crippen molar-refractivity contribution in [1.82, 2.24) is 20.1 Å². The highest BCUT2D eigenvalue weighted by Crippen LogP contribution is 2.25. The van der Waals surface area contributed by atoms with Crippen molar-refractivity contribution >= 4 is 42.8 Å². The quantitative estimate of drug-likeness (QED) is 0.328. The lowest BCUT2D eigenvalue weighted by Crippen LogP contribution is -2.63. The fourth-order valence-electron chi connectivity index (χ4n) is 2.99. The molecule has 138 valence electrons. The fourth-order valence-corrected chi connectivity index (χ4v) is 3.23. The summed E-state index contributed by atoms with van der Waals surface area (Å²) in [6, 6.07) is -2.90. The lowest BCUT2D eigenvalue weighted by molar-refractivity contribution is -0.176. The van der Waals surface area contributed by atoms with Gasteiger partial charge in [0.25, 0.3) is 5.91 Å². The van der Waals surface area contributed by atoms with E-state index in [-0.39, 0.29) is 18.7 Å². The highest BCUT2D eigenvalue weighted by Gasteiger charge is 2.44. The van der Waals surface area contributed by atoms with Crippen LogP contribution < -0.4 is 10.0 Å². The third-order valence-corrected chi connectivity index (χ3v) is 4.52. The zero-order valence-corrected chi connectivity index (χ0v) is 14.3. The van der Waals surface area contributed by atoms with Gasteiger partial charge in [-0.15, -0.1) is 0 Å². The van der Waals surface area contributed by atoms with Crippen molar-refractivity contribution in [2.75, 3.05) is 6.54 Å². The molecule has 11 heteroatoms. The van der Waals surface area contributed by atoms with Crippen LogP contribution in [0.1, 0.15) is 32.1 Å². The molecule has 3 amide bonds. The average Bonchev–Trinajstić information content (AvgIpc) is 2.71. The van der Waals surface area contributed by atoms with E-state index in [0.717, 1.165) is 5.01 Å². The summed E-state index contributed by atoms with van der Waals surface area (Å²) in [6.45, 7) is 0.319. The number of nitrogens with one attached hydrogen (secondary N) is 2. The SMILES string of the molecule is O=C[C@H](CC(=O)O)NC(=O)[C@@H]1CCCN2C(=O)CC[C@H](NS)C(=O)N12. The van der Waals surface area contributed by atoms with Gasteiger partial charge in [0.1, 0.15) is 12.3 Å². The van der Waals surface area contributed by atoms with Crippen LogP contribution in [0.3, 0.4) is 0 Å². The normalized spacial score (nSPS) is 25.0. The number of hydrogen-bond donors (Lipinski definition) is 4. The minimum atomic E-state index is -1.23. The van der Waals surface area contributed by atoms with Gasteiger partial charge in [-0.2, -0.15) is 0 Å². The summed E-state index contributed by atoms with van der Waals surface area (Å²) in [6.07, 6.45) is 0.999. The minimum absolute atomic E-state index is 0.144. The largest absolute Gasteiger partial charge is 0.481 e. The topological polar surface area (TPSA) is 136 Å². The van der Waals surface area contributed by atoms with Crippen molar-refractivity contribution in [2.24, 2.45) is 0 Å². The molecular weight excluding hydrogens is 352 g/mol. The molecule has 10 nitrogen and oxygen atoms in total. The number of rotatable bonds is 6. The predicted octanol–water partition coefficient (Wildman–Crippen LogP) is -1.52. The Bertz CT molecular complexity index is 586. The lowest BCUT2D eigenvalue weighted by atomic mass is 10.1. The van der Waals surface area contributed by atoms with E-state index in [4.69, 9.17) is 5.11 Å². The van der Waals surface area contributed by atoms with Gasteiger partial charge in [0.2, 0.25) is 11.8 Å². The van der Waals surface area contributed by atoms with Crippen molar-refractivity contribution in [3.63, 3.8) is 0 Å². The maximum Gasteiger partial charge on any atom is 0.305 e. The van der Waals surface area contributed by atoms with E-state index in [2.05, 4.69) is 22.9 Å². The maximum atomic E-state index is 12.7. The molecule has 0 bridgehead atoms. The van der Waals surface area contributed by atoms with E-state index in [1.807, 2.05) is 0 Å². The van der Waals surface area contributed by atoms with E-state index < -0.39 is 42.3 Å². The summed E-state index contributed by atoms with van der Waals surface area (Å²) in [5, 5.41) is 13.5. The minimum Gasteiger partial charge on any atom is -0.481 e. The molecule has 2 saturated heterocycles. The molecule has 25 heavy (non-hydrogen) atoms. The van der Waals surface area contributed by atoms with Crippen LogP contribution in [-0.2, 0) is 24.0 Å². The first-order valence-electron chi connectivity index (χ1n) is 7.89. The molecule has 0 radical (unpaired) electrons. The monoisotopic (exact) mass is 372 g/mol. The van der Waals surface area contributed by atoms with Gasteiger partial charge in [-0.3, -0.25) is 28.9 Å². The van der Waals surface area contributed by atoms with Gasteiger partial charge in [0, 0.05) is 13.0 Å². The molecule has 2 rings (SSSR count). The number of fused-ring (bicyclic) bond motifs is 1. The van der Waals surface area contributed by atoms with Crippen LogP contribution in [0.15, 0.2) is 0 Å². The molecule has 0 aromatic rings. The summed E-state index contributed by atoms with van der Waals surface area (Å²) in [7, 11) is 0. The summed E-state index contributed by atoms with van der Waals surface area (Å²) in [5.74, 6) is -2.62. The van der Waals surface area contributed by atoms with Gasteiger partial charge in [0.15, 0.2) is 0 Å². The van der Waals surface area contributed by atoms with Crippen molar-refractivity contribution < 1.29 is 29.1 Å². The van der Waals surface area contributed by atoms with Crippen molar-refractivity contribution in [3.05, 3.63) is 0 Å². The molecule has 2 heterocycles. The first kappa shape index (κ1) is 19.2. The Morgan fingerprint density at radius 2 is 2.08 bits per heavy atom. The van der Waals surface area contributed by atoms with Crippen LogP contribution in [0.2, 0.25) is 0 Å². The fraction of sp³-hybridized carbons (Fsp3) is 0.643. The Morgan fingerprint density at radius 3 is 2.68 bits per heavy atom. The Balaban J connectivity index is 2.21. The number of carbonyl (C=O) groups excluding carboxylic acids is 4. The summed E-state index contributed by atoms with van der Waals surface area (Å²) < 4.78 is 2.54. The van der Waals surface area contributed by atoms with Crippen LogP contribution in [0, 0.1) is 0 Å². The zero-order chi connectivity index (χ0) is 18.6. The number of aliphatic carboxylic acids is 1. The van der Waals surface area contributed by atoms with Crippen LogP contribution in [0.25, 0.3) is 0 Å². The first-order chi connectivity index (χ1) is 11.9. The zero-order valence-electron chi connectivity index (χ0n) is 13.4. The Morgan fingerprint density at radius 1 is 1.36 bits per heavy atom. The van der Waals surface area contributed by atoms with E-state index in [1.54, 1.807) is 0 Å². The first-order valence-corrected chi connectivity index (χ1v) is 8.34. The molecule has 2 aliphatic rings. The average molecular weight is 372 g/mol. The van der Waals surface area contributed by atoms with E-state index in [9.17, 15) is 24.0 Å². The molecule has 0 unspecified atom stereocenters. The number of thiol groups is 1. The highest BCUT2D eigenvalue weighted by atomic mass is 32.1. The van der Waals surface area contributed by atoms with Crippen molar-refractivity contribution in [1.29, 1.82) is 0 Å². The molecular formula is C14H20N4O6S. The van der Waals surface area contributed by atoms with Crippen LogP contribution in [0.4, 0.5) is 0 Å². The third-order valence-electron chi connectivity index (χ3n) is 4.21. The third kappa shape index (κ3) is 4.28. The molecule has 0 aromatic heterocycles. The molecule has 3 N–H and O–H groups in total. The Hall–Kier alpha value is -2.14. The Kier molecular flexibility index (Phi) is 6.37. The number of hydrogen-bond acceptors (Lipinski definition) is 7. The molecule has 2 fully saturated rings. The van der Waals surface area contributed by atoms with E-state index >= 15 is 0 Å². The number of carboxylic acid groups (broad SMARTS) is 1. The van der Waals surface area contributed by atoms with E-state index in [0.29, 0.717) is 25.7 Å². The van der Waals surface area contributed by atoms with Gasteiger partial charge in [-0.05, 0) is 19.3 Å². The van der Waals surface area contributed by atoms with Crippen LogP contribution in [-0.4, -0.2) is 69.8 Å². The number of hydrazine groups is 1. The van der Waals surface area contributed by atoms with Crippen molar-refractivity contribution in [3.8, 4) is 0 Å². The smallest absolute Gasteiger partial charge is 0.305 e. The second-order valence-electron chi connectivity index (χ2n) is 5.93. The Labute approximate surface area is 149 Å². The maximum absolute atomic E-state index is 12.7. The summed E-state index contributed by atoms with van der Waals surface area (Å²) >= 11 is 3.91. The molecule has 0 spiro atoms. The number of aldehydes is 1. The van der Waals surface area contributed by atoms with Gasteiger partial charge in [0.05, 0.1) is 18.5 Å². The molecule has 0 saturated carbocycles. The van der Waals surface area contributed by atoms with Gasteiger partial charge >= 0.3 is 5.97 Å². The second kappa shape index (κ2) is 8.30. The predicted molar refractivity (Wildman–Crippen MR) is 87.0 cm³/mol. The number of carbonyl (C=O) groups is 5. The van der Waals surface area contributed by atoms with Gasteiger partial charge in [-0.25, -0.2) is 5.01 Å². The second-order valence-corrected chi connectivity index (χ2v) is 6.19. The van der Waals surface area contributed by atoms with Gasteiger partial charge < -0.3 is 15.2 Å². The molecule has 0 aliphatic carbocycles. The number of carboxylic acids is 1. The van der Waals surface area contributed by atoms with Crippen LogP contribution in [0.5, 0.6) is 0 Å². The molecule has 3 atom stereocenters. The summed E-state index contributed by atoms with van der Waals surface area (Å²) in [5.41, 5.74) is 0. The van der Waals surface area contributed by atoms with Crippen molar-refractivity contribution in [2.45, 2.75) is 50.2 Å². The van der Waals surface area contributed by atoms with Gasteiger partial charge in [-0.1, -0.05) is 12.8 Å².